The van der Waals surface area contributed by atoms with E-state index >= 15 is 0 Å². The molecule has 0 saturated carbocycles. The number of thioether (sulfide) groups is 1. The SMILES string of the molecule is COC(=O)CSCCC(=O)OC(C)(C)C. The van der Waals surface area contributed by atoms with Crippen LogP contribution in [0.25, 0.3) is 0 Å². The second kappa shape index (κ2) is 6.71. The maximum atomic E-state index is 11.2. The van der Waals surface area contributed by atoms with Gasteiger partial charge in [-0.3, -0.25) is 9.59 Å². The van der Waals surface area contributed by atoms with Crippen molar-refractivity contribution in [3.8, 4) is 0 Å². The van der Waals surface area contributed by atoms with E-state index in [2.05, 4.69) is 4.74 Å². The molecule has 0 aliphatic rings. The molecule has 0 saturated heterocycles. The third-order valence-corrected chi connectivity index (χ3v) is 2.25. The fourth-order valence-corrected chi connectivity index (χ4v) is 1.50. The molecule has 0 aromatic rings. The lowest BCUT2D eigenvalue weighted by Gasteiger charge is -2.19. The van der Waals surface area contributed by atoms with Crippen molar-refractivity contribution in [3.63, 3.8) is 0 Å². The van der Waals surface area contributed by atoms with Gasteiger partial charge in [0.25, 0.3) is 0 Å². The maximum Gasteiger partial charge on any atom is 0.315 e. The van der Waals surface area contributed by atoms with E-state index < -0.39 is 5.60 Å². The summed E-state index contributed by atoms with van der Waals surface area (Å²) >= 11 is 1.36. The standard InChI is InChI=1S/C10H18O4S/c1-10(2,3)14-8(11)5-6-15-7-9(12)13-4/h5-7H2,1-4H3. The minimum atomic E-state index is -0.440. The lowest BCUT2D eigenvalue weighted by molar-refractivity contribution is -0.154. The normalized spacial score (nSPS) is 10.9. The van der Waals surface area contributed by atoms with Crippen LogP contribution in [0.15, 0.2) is 0 Å². The summed E-state index contributed by atoms with van der Waals surface area (Å²) in [7, 11) is 1.34. The van der Waals surface area contributed by atoms with Gasteiger partial charge in [0.1, 0.15) is 5.60 Å². The number of methoxy groups -OCH3 is 1. The molecule has 88 valence electrons. The Kier molecular flexibility index (Phi) is 6.40. The van der Waals surface area contributed by atoms with Crippen LogP contribution < -0.4 is 0 Å². The third kappa shape index (κ3) is 9.59. The van der Waals surface area contributed by atoms with Gasteiger partial charge in [0.15, 0.2) is 0 Å². The van der Waals surface area contributed by atoms with Gasteiger partial charge >= 0.3 is 11.9 Å². The number of hydrogen-bond donors (Lipinski definition) is 0. The Balaban J connectivity index is 3.52. The van der Waals surface area contributed by atoms with Crippen molar-refractivity contribution >= 4 is 23.7 Å². The van der Waals surface area contributed by atoms with E-state index in [-0.39, 0.29) is 17.7 Å². The second-order valence-electron chi connectivity index (χ2n) is 3.97. The van der Waals surface area contributed by atoms with E-state index in [4.69, 9.17) is 4.74 Å². The molecule has 0 heterocycles. The van der Waals surface area contributed by atoms with Gasteiger partial charge in [-0.05, 0) is 20.8 Å². The maximum absolute atomic E-state index is 11.2. The molecule has 0 aliphatic heterocycles. The van der Waals surface area contributed by atoms with E-state index in [1.807, 2.05) is 20.8 Å². The van der Waals surface area contributed by atoms with Crippen molar-refractivity contribution in [2.75, 3.05) is 18.6 Å². The van der Waals surface area contributed by atoms with Gasteiger partial charge < -0.3 is 9.47 Å². The summed E-state index contributed by atoms with van der Waals surface area (Å²) in [6.07, 6.45) is 0.318. The highest BCUT2D eigenvalue weighted by Crippen LogP contribution is 2.10. The molecule has 0 rings (SSSR count). The lowest BCUT2D eigenvalue weighted by Crippen LogP contribution is -2.24. The summed E-state index contributed by atoms with van der Waals surface area (Å²) in [5, 5.41) is 0. The Morgan fingerprint density at radius 1 is 1.20 bits per heavy atom. The average Bonchev–Trinajstić information content (AvgIpc) is 2.09. The summed E-state index contributed by atoms with van der Waals surface area (Å²) in [4.78, 5) is 21.9. The number of esters is 2. The topological polar surface area (TPSA) is 52.6 Å². The number of carbonyl (C=O) groups is 2. The van der Waals surface area contributed by atoms with Gasteiger partial charge in [-0.25, -0.2) is 0 Å². The van der Waals surface area contributed by atoms with Crippen LogP contribution in [0.1, 0.15) is 27.2 Å². The van der Waals surface area contributed by atoms with E-state index in [0.717, 1.165) is 0 Å². The summed E-state index contributed by atoms with van der Waals surface area (Å²) < 4.78 is 9.56. The average molecular weight is 234 g/mol. The van der Waals surface area contributed by atoms with Crippen LogP contribution in [0.5, 0.6) is 0 Å². The summed E-state index contributed by atoms with van der Waals surface area (Å²) in [5.74, 6) is 0.340. The number of rotatable bonds is 5. The molecule has 0 N–H and O–H groups in total. The quantitative estimate of drug-likeness (QED) is 0.534. The smallest absolute Gasteiger partial charge is 0.315 e. The van der Waals surface area contributed by atoms with Crippen LogP contribution >= 0.6 is 11.8 Å². The van der Waals surface area contributed by atoms with E-state index in [1.54, 1.807) is 0 Å². The molecule has 0 fully saturated rings. The Bertz CT molecular complexity index is 220. The molecule has 0 aromatic carbocycles. The summed E-state index contributed by atoms with van der Waals surface area (Å²) in [6, 6.07) is 0. The Labute approximate surface area is 94.7 Å². The number of ether oxygens (including phenoxy) is 2. The largest absolute Gasteiger partial charge is 0.468 e. The Morgan fingerprint density at radius 2 is 1.80 bits per heavy atom. The van der Waals surface area contributed by atoms with Crippen molar-refractivity contribution < 1.29 is 19.1 Å². The first-order chi connectivity index (χ1) is 6.85. The van der Waals surface area contributed by atoms with Gasteiger partial charge in [0.2, 0.25) is 0 Å². The zero-order valence-electron chi connectivity index (χ0n) is 9.66. The molecular formula is C10H18O4S. The van der Waals surface area contributed by atoms with Crippen LogP contribution in [0.4, 0.5) is 0 Å². The van der Waals surface area contributed by atoms with Crippen molar-refractivity contribution in [2.24, 2.45) is 0 Å². The van der Waals surface area contributed by atoms with Crippen molar-refractivity contribution in [3.05, 3.63) is 0 Å². The second-order valence-corrected chi connectivity index (χ2v) is 5.07. The fraction of sp³-hybridized carbons (Fsp3) is 0.800. The highest BCUT2D eigenvalue weighted by molar-refractivity contribution is 7.99. The summed E-state index contributed by atoms with van der Waals surface area (Å²) in [6.45, 7) is 5.48. The molecule has 4 nitrogen and oxygen atoms in total. The van der Waals surface area contributed by atoms with Gasteiger partial charge in [0.05, 0.1) is 19.3 Å². The van der Waals surface area contributed by atoms with Gasteiger partial charge in [-0.2, -0.15) is 0 Å². The lowest BCUT2D eigenvalue weighted by atomic mass is 10.2. The highest BCUT2D eigenvalue weighted by Gasteiger charge is 2.15. The zero-order valence-corrected chi connectivity index (χ0v) is 10.5. The number of carbonyl (C=O) groups excluding carboxylic acids is 2. The Hall–Kier alpha value is -0.710. The first kappa shape index (κ1) is 14.3. The minimum absolute atomic E-state index is 0.236. The third-order valence-electron chi connectivity index (χ3n) is 1.32. The zero-order chi connectivity index (χ0) is 11.9. The molecule has 0 radical (unpaired) electrons. The molecule has 5 heteroatoms. The molecule has 0 bridgehead atoms. The van der Waals surface area contributed by atoms with Gasteiger partial charge in [-0.15, -0.1) is 11.8 Å². The number of hydrogen-bond acceptors (Lipinski definition) is 5. The van der Waals surface area contributed by atoms with Crippen LogP contribution in [0, 0.1) is 0 Å². The van der Waals surface area contributed by atoms with Crippen molar-refractivity contribution in [1.82, 2.24) is 0 Å². The molecule has 0 spiro atoms. The summed E-state index contributed by atoms with van der Waals surface area (Å²) in [5.41, 5.74) is -0.440. The Morgan fingerprint density at radius 3 is 2.27 bits per heavy atom. The predicted octanol–water partition coefficient (Wildman–Crippen LogP) is 1.62. The van der Waals surface area contributed by atoms with E-state index in [9.17, 15) is 9.59 Å². The molecular weight excluding hydrogens is 216 g/mol. The monoisotopic (exact) mass is 234 g/mol. The van der Waals surface area contributed by atoms with Crippen LogP contribution in [-0.2, 0) is 19.1 Å². The first-order valence-corrected chi connectivity index (χ1v) is 5.87. The molecule has 0 amide bonds. The van der Waals surface area contributed by atoms with Crippen LogP contribution in [0.2, 0.25) is 0 Å². The molecule has 0 unspecified atom stereocenters. The molecule has 15 heavy (non-hydrogen) atoms. The minimum Gasteiger partial charge on any atom is -0.468 e. The fourth-order valence-electron chi connectivity index (χ4n) is 0.762. The van der Waals surface area contributed by atoms with Crippen molar-refractivity contribution in [2.45, 2.75) is 32.8 Å². The van der Waals surface area contributed by atoms with E-state index in [1.165, 1.54) is 18.9 Å². The molecule has 0 atom stereocenters. The van der Waals surface area contributed by atoms with Gasteiger partial charge in [-0.1, -0.05) is 0 Å². The van der Waals surface area contributed by atoms with Crippen LogP contribution in [-0.4, -0.2) is 36.2 Å². The first-order valence-electron chi connectivity index (χ1n) is 4.71. The van der Waals surface area contributed by atoms with Crippen LogP contribution in [0.3, 0.4) is 0 Å². The highest BCUT2D eigenvalue weighted by atomic mass is 32.2. The van der Waals surface area contributed by atoms with E-state index in [0.29, 0.717) is 12.2 Å². The van der Waals surface area contributed by atoms with Crippen molar-refractivity contribution in [1.29, 1.82) is 0 Å². The molecule has 0 aromatic heterocycles. The molecule has 0 aliphatic carbocycles. The predicted molar refractivity (Wildman–Crippen MR) is 59.8 cm³/mol. The van der Waals surface area contributed by atoms with Gasteiger partial charge in [0, 0.05) is 5.75 Å².